The number of fused-ring (bicyclic) bond motifs is 1. The first kappa shape index (κ1) is 16.5. The summed E-state index contributed by atoms with van der Waals surface area (Å²) in [4.78, 5) is 21.1. The van der Waals surface area contributed by atoms with Crippen LogP contribution < -0.4 is 5.32 Å². The van der Waals surface area contributed by atoms with Gasteiger partial charge < -0.3 is 10.4 Å². The van der Waals surface area contributed by atoms with Crippen LogP contribution in [0, 0.1) is 0 Å². The van der Waals surface area contributed by atoms with Crippen LogP contribution in [-0.2, 0) is 0 Å². The Balaban J connectivity index is 1.48. The lowest BCUT2D eigenvalue weighted by Gasteiger charge is -2.07. The number of aromatic nitrogens is 3. The highest BCUT2D eigenvalue weighted by molar-refractivity contribution is 5.95. The highest BCUT2D eigenvalue weighted by atomic mass is 16.3. The molecule has 1 aliphatic rings. The van der Waals surface area contributed by atoms with Gasteiger partial charge in [0.2, 0.25) is 0 Å². The van der Waals surface area contributed by atoms with Gasteiger partial charge in [-0.1, -0.05) is 12.1 Å². The monoisotopic (exact) mass is 370 g/mol. The molecule has 2 N–H and O–H groups in total. The number of carbonyl (C=O) groups excluding carboxylic acids is 1. The molecule has 6 heteroatoms. The lowest BCUT2D eigenvalue weighted by molar-refractivity contribution is 0.0951. The second kappa shape index (κ2) is 6.49. The van der Waals surface area contributed by atoms with E-state index in [1.807, 2.05) is 47.0 Å². The predicted octanol–water partition coefficient (Wildman–Crippen LogP) is 3.66. The average Bonchev–Trinajstić information content (AvgIpc) is 3.44. The van der Waals surface area contributed by atoms with E-state index in [0.29, 0.717) is 11.6 Å². The van der Waals surface area contributed by atoms with Crippen LogP contribution in [-0.4, -0.2) is 31.4 Å². The maximum atomic E-state index is 12.2. The summed E-state index contributed by atoms with van der Waals surface area (Å²) in [6, 6.07) is 14.8. The predicted molar refractivity (Wildman–Crippen MR) is 106 cm³/mol. The molecule has 0 unspecified atom stereocenters. The van der Waals surface area contributed by atoms with E-state index in [-0.39, 0.29) is 11.7 Å². The van der Waals surface area contributed by atoms with E-state index in [4.69, 9.17) is 0 Å². The number of hydrogen-bond acceptors (Lipinski definition) is 4. The molecule has 0 aliphatic heterocycles. The number of imidazole rings is 1. The van der Waals surface area contributed by atoms with Crippen molar-refractivity contribution in [3.8, 4) is 28.3 Å². The molecule has 6 nitrogen and oxygen atoms in total. The summed E-state index contributed by atoms with van der Waals surface area (Å²) >= 11 is 0. The fourth-order valence-electron chi connectivity index (χ4n) is 3.17. The van der Waals surface area contributed by atoms with Crippen molar-refractivity contribution in [3.05, 3.63) is 72.7 Å². The summed E-state index contributed by atoms with van der Waals surface area (Å²) in [5.41, 5.74) is 4.99. The van der Waals surface area contributed by atoms with E-state index >= 15 is 0 Å². The number of benzene rings is 2. The maximum Gasteiger partial charge on any atom is 0.251 e. The van der Waals surface area contributed by atoms with Crippen molar-refractivity contribution < 1.29 is 9.90 Å². The van der Waals surface area contributed by atoms with Gasteiger partial charge in [0.05, 0.1) is 23.8 Å². The van der Waals surface area contributed by atoms with E-state index in [9.17, 15) is 9.90 Å². The molecule has 0 saturated heterocycles. The van der Waals surface area contributed by atoms with Crippen LogP contribution in [0.25, 0.3) is 28.2 Å². The minimum Gasteiger partial charge on any atom is -0.508 e. The number of hydrogen-bond donors (Lipinski definition) is 2. The van der Waals surface area contributed by atoms with E-state index in [2.05, 4.69) is 15.3 Å². The van der Waals surface area contributed by atoms with Crippen molar-refractivity contribution in [1.82, 2.24) is 19.7 Å². The Morgan fingerprint density at radius 1 is 0.964 bits per heavy atom. The fraction of sp³-hybridized carbons (Fsp3) is 0.136. The molecule has 1 fully saturated rings. The minimum atomic E-state index is -0.0262. The Bertz CT molecular complexity index is 1160. The molecule has 0 bridgehead atoms. The molecule has 0 radical (unpaired) electrons. The number of rotatable bonds is 4. The van der Waals surface area contributed by atoms with Gasteiger partial charge in [-0.15, -0.1) is 0 Å². The van der Waals surface area contributed by atoms with Gasteiger partial charge in [-0.05, 0) is 49.2 Å². The molecule has 1 amide bonds. The van der Waals surface area contributed by atoms with Crippen LogP contribution in [0.15, 0.2) is 67.1 Å². The number of amides is 1. The van der Waals surface area contributed by atoms with Crippen molar-refractivity contribution in [1.29, 1.82) is 0 Å². The molecule has 0 spiro atoms. The summed E-state index contributed by atoms with van der Waals surface area (Å²) in [7, 11) is 0. The van der Waals surface area contributed by atoms with Gasteiger partial charge in [0.1, 0.15) is 5.75 Å². The minimum absolute atomic E-state index is 0.0262. The lowest BCUT2D eigenvalue weighted by Crippen LogP contribution is -2.25. The van der Waals surface area contributed by atoms with Gasteiger partial charge in [-0.25, -0.2) is 4.98 Å². The molecular formula is C22H18N4O2. The van der Waals surface area contributed by atoms with Crippen molar-refractivity contribution in [2.24, 2.45) is 0 Å². The third-order valence-electron chi connectivity index (χ3n) is 4.91. The van der Waals surface area contributed by atoms with E-state index < -0.39 is 0 Å². The molecule has 5 rings (SSSR count). The van der Waals surface area contributed by atoms with Crippen LogP contribution in [0.5, 0.6) is 5.75 Å². The molecule has 2 heterocycles. The topological polar surface area (TPSA) is 79.5 Å². The first-order chi connectivity index (χ1) is 13.7. The second-order valence-corrected chi connectivity index (χ2v) is 7.02. The molecule has 4 aromatic rings. The highest BCUT2D eigenvalue weighted by Gasteiger charge is 2.23. The van der Waals surface area contributed by atoms with Crippen molar-refractivity contribution >= 4 is 11.6 Å². The Morgan fingerprint density at radius 3 is 2.39 bits per heavy atom. The zero-order valence-electron chi connectivity index (χ0n) is 15.0. The number of phenolic OH excluding ortho intramolecular Hbond substituents is 1. The quantitative estimate of drug-likeness (QED) is 0.575. The third kappa shape index (κ3) is 3.09. The summed E-state index contributed by atoms with van der Waals surface area (Å²) in [5.74, 6) is 0.201. The van der Waals surface area contributed by atoms with Crippen molar-refractivity contribution in [2.45, 2.75) is 18.9 Å². The Labute approximate surface area is 161 Å². The number of nitrogens with one attached hydrogen (secondary N) is 1. The smallest absolute Gasteiger partial charge is 0.251 e. The number of carbonyl (C=O) groups is 1. The summed E-state index contributed by atoms with van der Waals surface area (Å²) in [6.07, 6.45) is 7.60. The van der Waals surface area contributed by atoms with Crippen LogP contribution >= 0.6 is 0 Å². The van der Waals surface area contributed by atoms with Gasteiger partial charge in [-0.2, -0.15) is 0 Å². The summed E-state index contributed by atoms with van der Waals surface area (Å²) < 4.78 is 1.97. The zero-order valence-corrected chi connectivity index (χ0v) is 15.0. The Hall–Kier alpha value is -3.67. The Kier molecular flexibility index (Phi) is 3.83. The largest absolute Gasteiger partial charge is 0.508 e. The van der Waals surface area contributed by atoms with Gasteiger partial charge >= 0.3 is 0 Å². The number of aromatic hydroxyl groups is 1. The molecule has 2 aromatic carbocycles. The third-order valence-corrected chi connectivity index (χ3v) is 4.91. The Morgan fingerprint density at radius 2 is 1.68 bits per heavy atom. The van der Waals surface area contributed by atoms with Crippen molar-refractivity contribution in [2.75, 3.05) is 0 Å². The zero-order chi connectivity index (χ0) is 19.1. The van der Waals surface area contributed by atoms with E-state index in [0.717, 1.165) is 41.0 Å². The highest BCUT2D eigenvalue weighted by Crippen LogP contribution is 2.25. The number of phenols is 1. The fourth-order valence-corrected chi connectivity index (χ4v) is 3.17. The SMILES string of the molecule is O=C(NC1CC1)c1ccc(-c2cn3c(-c4ccc(O)cc4)cnc3cn2)cc1. The van der Waals surface area contributed by atoms with Crippen LogP contribution in [0.2, 0.25) is 0 Å². The molecule has 28 heavy (non-hydrogen) atoms. The molecular weight excluding hydrogens is 352 g/mol. The summed E-state index contributed by atoms with van der Waals surface area (Å²) in [5, 5.41) is 12.5. The molecule has 1 saturated carbocycles. The molecule has 2 aromatic heterocycles. The molecule has 138 valence electrons. The van der Waals surface area contributed by atoms with Crippen LogP contribution in [0.1, 0.15) is 23.2 Å². The second-order valence-electron chi connectivity index (χ2n) is 7.02. The van der Waals surface area contributed by atoms with Gasteiger partial charge in [-0.3, -0.25) is 14.2 Å². The van der Waals surface area contributed by atoms with Gasteiger partial charge in [0.15, 0.2) is 5.65 Å². The first-order valence-corrected chi connectivity index (χ1v) is 9.21. The van der Waals surface area contributed by atoms with Crippen LogP contribution in [0.3, 0.4) is 0 Å². The van der Waals surface area contributed by atoms with Crippen LogP contribution in [0.4, 0.5) is 0 Å². The van der Waals surface area contributed by atoms with E-state index in [1.54, 1.807) is 24.5 Å². The first-order valence-electron chi connectivity index (χ1n) is 9.21. The maximum absolute atomic E-state index is 12.2. The normalized spacial score (nSPS) is 13.6. The number of nitrogens with zero attached hydrogens (tertiary/aromatic N) is 3. The van der Waals surface area contributed by atoms with Crippen molar-refractivity contribution in [3.63, 3.8) is 0 Å². The van der Waals surface area contributed by atoms with Gasteiger partial charge in [0, 0.05) is 28.9 Å². The van der Waals surface area contributed by atoms with Gasteiger partial charge in [0.25, 0.3) is 5.91 Å². The molecule has 0 atom stereocenters. The molecule has 1 aliphatic carbocycles. The average molecular weight is 370 g/mol. The lowest BCUT2D eigenvalue weighted by atomic mass is 10.1. The van der Waals surface area contributed by atoms with E-state index in [1.165, 1.54) is 0 Å². The standard InChI is InChI=1S/C22H18N4O2/c27-18-9-5-15(6-10-18)20-11-24-21-12-23-19(13-26(20)21)14-1-3-16(4-2-14)22(28)25-17-7-8-17/h1-6,9-13,17,27H,7-8H2,(H,25,28). The summed E-state index contributed by atoms with van der Waals surface area (Å²) in [6.45, 7) is 0.